The number of nitrogens with zero attached hydrogens (tertiary/aromatic N) is 1. The van der Waals surface area contributed by atoms with Crippen molar-refractivity contribution in [1.82, 2.24) is 4.98 Å². The van der Waals surface area contributed by atoms with Crippen molar-refractivity contribution in [3.63, 3.8) is 0 Å². The number of carbonyl (C=O) groups is 1. The van der Waals surface area contributed by atoms with Crippen molar-refractivity contribution in [3.05, 3.63) is 48.2 Å². The molecule has 1 aromatic heterocycles. The zero-order valence-corrected chi connectivity index (χ0v) is 13.8. The second-order valence-corrected chi connectivity index (χ2v) is 5.60. The number of anilines is 2. The Labute approximate surface area is 137 Å². The fourth-order valence-corrected chi connectivity index (χ4v) is 2.02. The van der Waals surface area contributed by atoms with Crippen molar-refractivity contribution in [3.8, 4) is 5.75 Å². The summed E-state index contributed by atoms with van der Waals surface area (Å²) >= 11 is 0. The molecule has 0 saturated carbocycles. The lowest BCUT2D eigenvalue weighted by atomic mass is 10.1. The standard InChI is InChI=1S/C18H23N3O2/c1-13(2)18(22)21-15-7-8-17(20-12-15)19-10-9-14-5-4-6-16(11-14)23-3/h4-8,11-13H,9-10H2,1-3H3,(H,19,20)(H,21,22). The van der Waals surface area contributed by atoms with Gasteiger partial charge in [0.15, 0.2) is 0 Å². The van der Waals surface area contributed by atoms with Gasteiger partial charge in [0.1, 0.15) is 11.6 Å². The average molecular weight is 313 g/mol. The molecule has 0 aliphatic rings. The number of carbonyl (C=O) groups excluding carboxylic acids is 1. The molecule has 0 atom stereocenters. The van der Waals surface area contributed by atoms with E-state index in [2.05, 4.69) is 21.7 Å². The Hall–Kier alpha value is -2.56. The van der Waals surface area contributed by atoms with Crippen molar-refractivity contribution in [1.29, 1.82) is 0 Å². The third-order valence-corrected chi connectivity index (χ3v) is 3.41. The number of benzene rings is 1. The molecule has 0 aliphatic carbocycles. The first-order valence-electron chi connectivity index (χ1n) is 7.72. The Kier molecular flexibility index (Phi) is 5.97. The minimum absolute atomic E-state index is 0.00876. The number of nitrogens with one attached hydrogen (secondary N) is 2. The van der Waals surface area contributed by atoms with Crippen LogP contribution in [0.4, 0.5) is 11.5 Å². The summed E-state index contributed by atoms with van der Waals surface area (Å²) in [5.41, 5.74) is 1.92. The van der Waals surface area contributed by atoms with E-state index in [1.54, 1.807) is 13.3 Å². The number of aromatic nitrogens is 1. The van der Waals surface area contributed by atoms with Crippen LogP contribution in [0, 0.1) is 5.92 Å². The van der Waals surface area contributed by atoms with Gasteiger partial charge in [-0.15, -0.1) is 0 Å². The minimum atomic E-state index is -0.0457. The average Bonchev–Trinajstić information content (AvgIpc) is 2.56. The van der Waals surface area contributed by atoms with Crippen LogP contribution in [0.3, 0.4) is 0 Å². The van der Waals surface area contributed by atoms with Crippen LogP contribution in [-0.2, 0) is 11.2 Å². The Morgan fingerprint density at radius 3 is 2.74 bits per heavy atom. The number of amides is 1. The van der Waals surface area contributed by atoms with Crippen LogP contribution in [0.15, 0.2) is 42.6 Å². The van der Waals surface area contributed by atoms with Gasteiger partial charge in [0.2, 0.25) is 5.91 Å². The van der Waals surface area contributed by atoms with E-state index in [-0.39, 0.29) is 11.8 Å². The normalized spacial score (nSPS) is 10.4. The quantitative estimate of drug-likeness (QED) is 0.823. The van der Waals surface area contributed by atoms with Crippen molar-refractivity contribution < 1.29 is 9.53 Å². The molecule has 0 saturated heterocycles. The monoisotopic (exact) mass is 313 g/mol. The van der Waals surface area contributed by atoms with E-state index in [1.807, 2.05) is 44.2 Å². The minimum Gasteiger partial charge on any atom is -0.497 e. The Morgan fingerprint density at radius 2 is 2.09 bits per heavy atom. The maximum atomic E-state index is 11.6. The molecule has 0 bridgehead atoms. The van der Waals surface area contributed by atoms with E-state index < -0.39 is 0 Å². The predicted molar refractivity (Wildman–Crippen MR) is 92.9 cm³/mol. The zero-order valence-electron chi connectivity index (χ0n) is 13.8. The fourth-order valence-electron chi connectivity index (χ4n) is 2.02. The molecule has 122 valence electrons. The number of hydrogen-bond acceptors (Lipinski definition) is 4. The maximum absolute atomic E-state index is 11.6. The van der Waals surface area contributed by atoms with Crippen molar-refractivity contribution in [2.45, 2.75) is 20.3 Å². The molecule has 0 radical (unpaired) electrons. The van der Waals surface area contributed by atoms with Crippen LogP contribution in [0.5, 0.6) is 5.75 Å². The Bertz CT molecular complexity index is 639. The zero-order chi connectivity index (χ0) is 16.7. The van der Waals surface area contributed by atoms with Gasteiger partial charge in [0, 0.05) is 12.5 Å². The van der Waals surface area contributed by atoms with Gasteiger partial charge in [-0.3, -0.25) is 4.79 Å². The first-order chi connectivity index (χ1) is 11.1. The molecule has 0 spiro atoms. The summed E-state index contributed by atoms with van der Waals surface area (Å²) in [5, 5.41) is 6.09. The van der Waals surface area contributed by atoms with Crippen molar-refractivity contribution in [2.75, 3.05) is 24.3 Å². The van der Waals surface area contributed by atoms with E-state index >= 15 is 0 Å². The molecule has 2 aromatic rings. The molecule has 1 heterocycles. The third kappa shape index (κ3) is 5.29. The number of pyridine rings is 1. The summed E-state index contributed by atoms with van der Waals surface area (Å²) in [6, 6.07) is 11.7. The van der Waals surface area contributed by atoms with E-state index in [4.69, 9.17) is 4.74 Å². The van der Waals surface area contributed by atoms with Gasteiger partial charge in [-0.25, -0.2) is 4.98 Å². The number of methoxy groups -OCH3 is 1. The summed E-state index contributed by atoms with van der Waals surface area (Å²) in [6.07, 6.45) is 2.54. The first kappa shape index (κ1) is 16.8. The van der Waals surface area contributed by atoms with Gasteiger partial charge in [0.05, 0.1) is 19.0 Å². The van der Waals surface area contributed by atoms with Crippen LogP contribution in [-0.4, -0.2) is 24.5 Å². The predicted octanol–water partition coefficient (Wildman–Crippen LogP) is 3.34. The van der Waals surface area contributed by atoms with Crippen LogP contribution in [0.25, 0.3) is 0 Å². The van der Waals surface area contributed by atoms with Crippen molar-refractivity contribution >= 4 is 17.4 Å². The second-order valence-electron chi connectivity index (χ2n) is 5.60. The highest BCUT2D eigenvalue weighted by atomic mass is 16.5. The molecule has 2 rings (SSSR count). The Morgan fingerprint density at radius 1 is 1.26 bits per heavy atom. The van der Waals surface area contributed by atoms with E-state index in [0.717, 1.165) is 24.5 Å². The number of rotatable bonds is 7. The molecule has 0 fully saturated rings. The first-order valence-corrected chi connectivity index (χ1v) is 7.72. The topological polar surface area (TPSA) is 63.2 Å². The molecule has 1 aromatic carbocycles. The molecule has 5 nitrogen and oxygen atoms in total. The van der Waals surface area contributed by atoms with E-state index in [0.29, 0.717) is 5.69 Å². The van der Waals surface area contributed by atoms with Gasteiger partial charge in [-0.05, 0) is 36.2 Å². The highest BCUT2D eigenvalue weighted by Gasteiger charge is 2.07. The highest BCUT2D eigenvalue weighted by Crippen LogP contribution is 2.14. The maximum Gasteiger partial charge on any atom is 0.226 e. The summed E-state index contributed by atoms with van der Waals surface area (Å²) in [6.45, 7) is 4.49. The van der Waals surface area contributed by atoms with E-state index in [9.17, 15) is 4.79 Å². The van der Waals surface area contributed by atoms with Crippen LogP contribution < -0.4 is 15.4 Å². The lowest BCUT2D eigenvalue weighted by molar-refractivity contribution is -0.118. The Balaban J connectivity index is 1.83. The molecule has 0 unspecified atom stereocenters. The van der Waals surface area contributed by atoms with Crippen LogP contribution in [0.2, 0.25) is 0 Å². The summed E-state index contributed by atoms with van der Waals surface area (Å²) < 4.78 is 5.21. The third-order valence-electron chi connectivity index (χ3n) is 3.41. The summed E-state index contributed by atoms with van der Waals surface area (Å²) in [5.74, 6) is 1.60. The molecule has 23 heavy (non-hydrogen) atoms. The lowest BCUT2D eigenvalue weighted by Gasteiger charge is -2.09. The highest BCUT2D eigenvalue weighted by molar-refractivity contribution is 5.91. The molecule has 1 amide bonds. The summed E-state index contributed by atoms with van der Waals surface area (Å²) in [4.78, 5) is 15.9. The summed E-state index contributed by atoms with van der Waals surface area (Å²) in [7, 11) is 1.67. The van der Waals surface area contributed by atoms with Crippen LogP contribution >= 0.6 is 0 Å². The number of hydrogen-bond donors (Lipinski definition) is 2. The van der Waals surface area contributed by atoms with Crippen molar-refractivity contribution in [2.24, 2.45) is 5.92 Å². The fraction of sp³-hybridized carbons (Fsp3) is 0.333. The second kappa shape index (κ2) is 8.17. The molecule has 0 aliphatic heterocycles. The van der Waals surface area contributed by atoms with Gasteiger partial charge >= 0.3 is 0 Å². The molecular weight excluding hydrogens is 290 g/mol. The molecule has 5 heteroatoms. The number of ether oxygens (including phenoxy) is 1. The lowest BCUT2D eigenvalue weighted by Crippen LogP contribution is -2.17. The SMILES string of the molecule is COc1cccc(CCNc2ccc(NC(=O)C(C)C)cn2)c1. The largest absolute Gasteiger partial charge is 0.497 e. The smallest absolute Gasteiger partial charge is 0.226 e. The molecule has 2 N–H and O–H groups in total. The molecular formula is C18H23N3O2. The van der Waals surface area contributed by atoms with Gasteiger partial charge in [-0.2, -0.15) is 0 Å². The van der Waals surface area contributed by atoms with Gasteiger partial charge in [-0.1, -0.05) is 26.0 Å². The van der Waals surface area contributed by atoms with Crippen LogP contribution in [0.1, 0.15) is 19.4 Å². The van der Waals surface area contributed by atoms with Gasteiger partial charge in [0.25, 0.3) is 0 Å². The van der Waals surface area contributed by atoms with Gasteiger partial charge < -0.3 is 15.4 Å². The van der Waals surface area contributed by atoms with E-state index in [1.165, 1.54) is 5.56 Å².